The van der Waals surface area contributed by atoms with Crippen molar-refractivity contribution >= 4 is 22.4 Å². The minimum absolute atomic E-state index is 0.234. The molecule has 0 saturated heterocycles. The van der Waals surface area contributed by atoms with Gasteiger partial charge in [0.25, 0.3) is 5.91 Å². The molecule has 0 spiro atoms. The summed E-state index contributed by atoms with van der Waals surface area (Å²) >= 11 is 1.50. The Labute approximate surface area is 156 Å². The molecule has 0 aliphatic rings. The monoisotopic (exact) mass is 368 g/mol. The summed E-state index contributed by atoms with van der Waals surface area (Å²) < 4.78 is 10.5. The molecule has 2 aromatic carbocycles. The largest absolute Gasteiger partial charge is 0.493 e. The van der Waals surface area contributed by atoms with Crippen LogP contribution in [0.5, 0.6) is 11.5 Å². The summed E-state index contributed by atoms with van der Waals surface area (Å²) in [6.07, 6.45) is 0.855. The van der Waals surface area contributed by atoms with Crippen LogP contribution in [0.1, 0.15) is 22.2 Å². The molecule has 0 aliphatic heterocycles. The molecule has 134 valence electrons. The van der Waals surface area contributed by atoms with Crippen LogP contribution in [-0.4, -0.2) is 25.1 Å². The third-order valence-corrected chi connectivity index (χ3v) is 5.05. The Kier molecular flexibility index (Phi) is 5.53. The zero-order valence-corrected chi connectivity index (χ0v) is 15.7. The lowest BCUT2D eigenvalue weighted by Gasteiger charge is -2.09. The Morgan fingerprint density at radius 3 is 2.46 bits per heavy atom. The summed E-state index contributed by atoms with van der Waals surface area (Å²) in [4.78, 5) is 18.3. The first-order chi connectivity index (χ1) is 12.7. The lowest BCUT2D eigenvalue weighted by molar-refractivity contribution is 0.102. The number of ether oxygens (including phenoxy) is 2. The van der Waals surface area contributed by atoms with E-state index in [4.69, 9.17) is 9.47 Å². The van der Waals surface area contributed by atoms with Gasteiger partial charge in [-0.3, -0.25) is 10.1 Å². The van der Waals surface area contributed by atoms with E-state index in [2.05, 4.69) is 17.2 Å². The van der Waals surface area contributed by atoms with Gasteiger partial charge in [-0.25, -0.2) is 4.98 Å². The minimum Gasteiger partial charge on any atom is -0.493 e. The second-order valence-electron chi connectivity index (χ2n) is 5.53. The number of rotatable bonds is 6. The van der Waals surface area contributed by atoms with Gasteiger partial charge in [-0.05, 0) is 24.6 Å². The molecular weight excluding hydrogens is 348 g/mol. The fraction of sp³-hybridized carbons (Fsp3) is 0.200. The first-order valence-corrected chi connectivity index (χ1v) is 9.06. The number of hydrogen-bond donors (Lipinski definition) is 1. The molecule has 1 N–H and O–H groups in total. The summed E-state index contributed by atoms with van der Waals surface area (Å²) in [5.41, 5.74) is 2.45. The van der Waals surface area contributed by atoms with E-state index in [0.717, 1.165) is 22.6 Å². The van der Waals surface area contributed by atoms with Crippen LogP contribution in [0.2, 0.25) is 0 Å². The van der Waals surface area contributed by atoms with Crippen molar-refractivity contribution in [2.45, 2.75) is 13.3 Å². The third kappa shape index (κ3) is 3.70. The molecule has 0 atom stereocenters. The fourth-order valence-corrected chi connectivity index (χ4v) is 3.53. The van der Waals surface area contributed by atoms with Gasteiger partial charge >= 0.3 is 0 Å². The maximum atomic E-state index is 12.6. The number of anilines is 1. The average Bonchev–Trinajstić information content (AvgIpc) is 3.10. The number of nitrogens with one attached hydrogen (secondary N) is 1. The number of methoxy groups -OCH3 is 2. The van der Waals surface area contributed by atoms with Crippen molar-refractivity contribution in [2.75, 3.05) is 19.5 Å². The molecule has 1 amide bonds. The number of aryl methyl sites for hydroxylation is 1. The SMILES string of the molecule is CCc1sc(NC(=O)c2ccc(OC)c(OC)c2)nc1-c1ccccc1. The summed E-state index contributed by atoms with van der Waals surface area (Å²) in [7, 11) is 3.10. The van der Waals surface area contributed by atoms with E-state index in [1.54, 1.807) is 32.4 Å². The molecule has 3 rings (SSSR count). The molecule has 0 unspecified atom stereocenters. The van der Waals surface area contributed by atoms with E-state index < -0.39 is 0 Å². The Bertz CT molecular complexity index is 907. The summed E-state index contributed by atoms with van der Waals surface area (Å²) in [5.74, 6) is 0.860. The number of thiazole rings is 1. The lowest BCUT2D eigenvalue weighted by Crippen LogP contribution is -2.11. The molecule has 26 heavy (non-hydrogen) atoms. The van der Waals surface area contributed by atoms with Gasteiger partial charge in [0.15, 0.2) is 16.6 Å². The standard InChI is InChI=1S/C20H20N2O3S/c1-4-17-18(13-8-6-5-7-9-13)21-20(26-17)22-19(23)14-10-11-15(24-2)16(12-14)25-3/h5-12H,4H2,1-3H3,(H,21,22,23). The number of carbonyl (C=O) groups is 1. The molecular formula is C20H20N2O3S. The maximum absolute atomic E-state index is 12.6. The molecule has 3 aromatic rings. The fourth-order valence-electron chi connectivity index (χ4n) is 2.61. The quantitative estimate of drug-likeness (QED) is 0.688. The average molecular weight is 368 g/mol. The summed E-state index contributed by atoms with van der Waals surface area (Å²) in [6.45, 7) is 2.08. The van der Waals surface area contributed by atoms with Crippen molar-refractivity contribution in [1.82, 2.24) is 4.98 Å². The highest BCUT2D eigenvalue weighted by Gasteiger charge is 2.16. The van der Waals surface area contributed by atoms with E-state index >= 15 is 0 Å². The van der Waals surface area contributed by atoms with Gasteiger partial charge in [0, 0.05) is 16.0 Å². The summed E-state index contributed by atoms with van der Waals surface area (Å²) in [5, 5.41) is 3.47. The minimum atomic E-state index is -0.234. The zero-order valence-electron chi connectivity index (χ0n) is 14.9. The van der Waals surface area contributed by atoms with Gasteiger partial charge in [0.1, 0.15) is 0 Å². The molecule has 0 radical (unpaired) electrons. The molecule has 0 fully saturated rings. The Balaban J connectivity index is 1.85. The van der Waals surface area contributed by atoms with Gasteiger partial charge in [-0.1, -0.05) is 37.3 Å². The topological polar surface area (TPSA) is 60.5 Å². The van der Waals surface area contributed by atoms with E-state index in [1.165, 1.54) is 11.3 Å². The highest BCUT2D eigenvalue weighted by atomic mass is 32.1. The van der Waals surface area contributed by atoms with Crippen molar-refractivity contribution in [2.24, 2.45) is 0 Å². The number of aromatic nitrogens is 1. The normalized spacial score (nSPS) is 10.4. The Morgan fingerprint density at radius 1 is 1.08 bits per heavy atom. The van der Waals surface area contributed by atoms with E-state index in [-0.39, 0.29) is 5.91 Å². The van der Waals surface area contributed by atoms with Crippen LogP contribution in [0.15, 0.2) is 48.5 Å². The van der Waals surface area contributed by atoms with Crippen LogP contribution in [-0.2, 0) is 6.42 Å². The molecule has 0 bridgehead atoms. The van der Waals surface area contributed by atoms with Crippen LogP contribution in [0.3, 0.4) is 0 Å². The van der Waals surface area contributed by atoms with Gasteiger partial charge in [-0.2, -0.15) is 0 Å². The van der Waals surface area contributed by atoms with Crippen LogP contribution >= 0.6 is 11.3 Å². The predicted octanol–water partition coefficient (Wildman–Crippen LogP) is 4.64. The highest BCUT2D eigenvalue weighted by Crippen LogP contribution is 2.32. The Hall–Kier alpha value is -2.86. The van der Waals surface area contributed by atoms with Crippen molar-refractivity contribution in [3.05, 3.63) is 59.0 Å². The van der Waals surface area contributed by atoms with Crippen LogP contribution in [0.25, 0.3) is 11.3 Å². The first-order valence-electron chi connectivity index (χ1n) is 8.24. The van der Waals surface area contributed by atoms with Gasteiger partial charge in [0.05, 0.1) is 19.9 Å². The van der Waals surface area contributed by atoms with Crippen LogP contribution in [0, 0.1) is 0 Å². The maximum Gasteiger partial charge on any atom is 0.257 e. The number of carbonyl (C=O) groups excluding carboxylic acids is 1. The lowest BCUT2D eigenvalue weighted by atomic mass is 10.1. The second-order valence-corrected chi connectivity index (χ2v) is 6.62. The molecule has 1 aromatic heterocycles. The van der Waals surface area contributed by atoms with Gasteiger partial charge < -0.3 is 9.47 Å². The van der Waals surface area contributed by atoms with Crippen molar-refractivity contribution < 1.29 is 14.3 Å². The molecule has 0 aliphatic carbocycles. The summed E-state index contributed by atoms with van der Waals surface area (Å²) in [6, 6.07) is 15.0. The molecule has 1 heterocycles. The molecule has 6 heteroatoms. The van der Waals surface area contributed by atoms with Gasteiger partial charge in [-0.15, -0.1) is 11.3 Å². The molecule has 5 nitrogen and oxygen atoms in total. The van der Waals surface area contributed by atoms with Crippen LogP contribution < -0.4 is 14.8 Å². The van der Waals surface area contributed by atoms with Crippen LogP contribution in [0.4, 0.5) is 5.13 Å². The number of nitrogens with zero attached hydrogens (tertiary/aromatic N) is 1. The van der Waals surface area contributed by atoms with E-state index in [9.17, 15) is 4.79 Å². The van der Waals surface area contributed by atoms with Crippen molar-refractivity contribution in [3.63, 3.8) is 0 Å². The Morgan fingerprint density at radius 2 is 1.81 bits per heavy atom. The first kappa shape index (κ1) is 17.9. The number of benzene rings is 2. The highest BCUT2D eigenvalue weighted by molar-refractivity contribution is 7.16. The van der Waals surface area contributed by atoms with E-state index in [0.29, 0.717) is 22.2 Å². The second kappa shape index (κ2) is 8.01. The van der Waals surface area contributed by atoms with Crippen molar-refractivity contribution in [1.29, 1.82) is 0 Å². The van der Waals surface area contributed by atoms with Gasteiger partial charge in [0.2, 0.25) is 0 Å². The van der Waals surface area contributed by atoms with Crippen molar-refractivity contribution in [3.8, 4) is 22.8 Å². The van der Waals surface area contributed by atoms with E-state index in [1.807, 2.05) is 30.3 Å². The smallest absolute Gasteiger partial charge is 0.257 e. The molecule has 0 saturated carbocycles. The zero-order chi connectivity index (χ0) is 18.5. The third-order valence-electron chi connectivity index (χ3n) is 3.93. The number of amides is 1. The number of hydrogen-bond acceptors (Lipinski definition) is 5. The predicted molar refractivity (Wildman–Crippen MR) is 104 cm³/mol.